The number of methoxy groups -OCH3 is 1. The molecule has 0 aliphatic heterocycles. The molecule has 1 N–H and O–H groups in total. The number of rotatable bonds is 4. The van der Waals surface area contributed by atoms with E-state index in [1.165, 1.54) is 18.2 Å². The zero-order valence-electron chi connectivity index (χ0n) is 15.4. The number of benzene rings is 2. The van der Waals surface area contributed by atoms with E-state index in [0.29, 0.717) is 6.54 Å². The van der Waals surface area contributed by atoms with Crippen LogP contribution in [0.15, 0.2) is 42.6 Å². The Morgan fingerprint density at radius 2 is 1.92 bits per heavy atom. The van der Waals surface area contributed by atoms with Crippen molar-refractivity contribution in [1.82, 2.24) is 20.3 Å². The van der Waals surface area contributed by atoms with Crippen molar-refractivity contribution >= 4 is 6.09 Å². The number of hydrogen-bond donors (Lipinski definition) is 1. The van der Waals surface area contributed by atoms with Gasteiger partial charge < -0.3 is 10.1 Å². The average Bonchev–Trinajstić information content (AvgIpc) is 3.10. The standard InChI is InChI=1S/C20H22N4O2/c1-13-5-8-18(15(3)9-13)19-12-22-24(23-19)17-7-6-14(2)16(10-17)11-21-20(25)26-4/h5-10,12H,11H2,1-4H3,(H,21,25). The van der Waals surface area contributed by atoms with Gasteiger partial charge in [0, 0.05) is 12.1 Å². The third-order valence-corrected chi connectivity index (χ3v) is 4.32. The monoisotopic (exact) mass is 350 g/mol. The molecule has 26 heavy (non-hydrogen) atoms. The van der Waals surface area contributed by atoms with Gasteiger partial charge in [0.2, 0.25) is 0 Å². The molecule has 0 aliphatic carbocycles. The van der Waals surface area contributed by atoms with E-state index in [1.54, 1.807) is 11.0 Å². The molecule has 0 fully saturated rings. The third-order valence-electron chi connectivity index (χ3n) is 4.32. The predicted octanol–water partition coefficient (Wildman–Crippen LogP) is 3.72. The first-order valence-electron chi connectivity index (χ1n) is 8.39. The van der Waals surface area contributed by atoms with Crippen LogP contribution in [0.5, 0.6) is 0 Å². The molecule has 0 atom stereocenters. The molecule has 0 unspecified atom stereocenters. The maximum absolute atomic E-state index is 11.3. The summed E-state index contributed by atoms with van der Waals surface area (Å²) in [6.45, 7) is 6.53. The molecule has 0 bridgehead atoms. The normalized spacial score (nSPS) is 10.6. The molecule has 1 amide bonds. The van der Waals surface area contributed by atoms with Gasteiger partial charge in [0.25, 0.3) is 0 Å². The van der Waals surface area contributed by atoms with Crippen LogP contribution in [-0.4, -0.2) is 28.2 Å². The van der Waals surface area contributed by atoms with E-state index in [0.717, 1.165) is 28.1 Å². The van der Waals surface area contributed by atoms with Gasteiger partial charge in [-0.05, 0) is 49.6 Å². The number of aromatic nitrogens is 3. The first-order chi connectivity index (χ1) is 12.5. The number of nitrogens with zero attached hydrogens (tertiary/aromatic N) is 3. The van der Waals surface area contributed by atoms with Crippen molar-refractivity contribution in [3.8, 4) is 16.9 Å². The minimum atomic E-state index is -0.454. The van der Waals surface area contributed by atoms with Crippen LogP contribution in [-0.2, 0) is 11.3 Å². The van der Waals surface area contributed by atoms with Crippen LogP contribution in [0.2, 0.25) is 0 Å². The van der Waals surface area contributed by atoms with Crippen molar-refractivity contribution < 1.29 is 9.53 Å². The lowest BCUT2D eigenvalue weighted by Gasteiger charge is -2.09. The number of ether oxygens (including phenoxy) is 1. The van der Waals surface area contributed by atoms with E-state index in [1.807, 2.05) is 25.1 Å². The largest absolute Gasteiger partial charge is 0.453 e. The molecule has 1 aromatic heterocycles. The lowest BCUT2D eigenvalue weighted by Crippen LogP contribution is -2.22. The van der Waals surface area contributed by atoms with Crippen molar-refractivity contribution in [2.75, 3.05) is 7.11 Å². The number of nitrogens with one attached hydrogen (secondary N) is 1. The Morgan fingerprint density at radius 1 is 1.12 bits per heavy atom. The van der Waals surface area contributed by atoms with E-state index in [-0.39, 0.29) is 0 Å². The highest BCUT2D eigenvalue weighted by molar-refractivity contribution is 5.67. The quantitative estimate of drug-likeness (QED) is 0.779. The van der Waals surface area contributed by atoms with Gasteiger partial charge in [-0.1, -0.05) is 29.8 Å². The fourth-order valence-corrected chi connectivity index (χ4v) is 2.82. The van der Waals surface area contributed by atoms with Crippen LogP contribution in [0, 0.1) is 20.8 Å². The Balaban J connectivity index is 1.88. The highest BCUT2D eigenvalue weighted by Crippen LogP contribution is 2.23. The van der Waals surface area contributed by atoms with Gasteiger partial charge in [0.15, 0.2) is 0 Å². The van der Waals surface area contributed by atoms with E-state index < -0.39 is 6.09 Å². The number of amides is 1. The second-order valence-electron chi connectivity index (χ2n) is 6.29. The molecule has 6 heteroatoms. The Bertz CT molecular complexity index is 947. The van der Waals surface area contributed by atoms with Crippen LogP contribution in [0.25, 0.3) is 16.9 Å². The second-order valence-corrected chi connectivity index (χ2v) is 6.29. The molecule has 6 nitrogen and oxygen atoms in total. The van der Waals surface area contributed by atoms with Gasteiger partial charge in [-0.15, -0.1) is 5.10 Å². The van der Waals surface area contributed by atoms with Crippen LogP contribution in [0.3, 0.4) is 0 Å². The first-order valence-corrected chi connectivity index (χ1v) is 8.39. The van der Waals surface area contributed by atoms with Crippen LogP contribution in [0.4, 0.5) is 4.79 Å². The molecule has 0 radical (unpaired) electrons. The Kier molecular flexibility index (Phi) is 5.02. The second kappa shape index (κ2) is 7.39. The molecule has 3 rings (SSSR count). The fraction of sp³-hybridized carbons (Fsp3) is 0.250. The minimum absolute atomic E-state index is 0.386. The Hall–Kier alpha value is -3.15. The van der Waals surface area contributed by atoms with Crippen molar-refractivity contribution in [1.29, 1.82) is 0 Å². The highest BCUT2D eigenvalue weighted by atomic mass is 16.5. The number of carbonyl (C=O) groups is 1. The number of alkyl carbamates (subject to hydrolysis) is 1. The number of carbonyl (C=O) groups excluding carboxylic acids is 1. The third kappa shape index (κ3) is 3.74. The van der Waals surface area contributed by atoms with E-state index in [9.17, 15) is 4.79 Å². The van der Waals surface area contributed by atoms with Gasteiger partial charge in [0.1, 0.15) is 5.69 Å². The molecule has 0 saturated heterocycles. The van der Waals surface area contributed by atoms with Crippen molar-refractivity contribution in [2.24, 2.45) is 0 Å². The fourth-order valence-electron chi connectivity index (χ4n) is 2.82. The molecule has 1 heterocycles. The summed E-state index contributed by atoms with van der Waals surface area (Å²) < 4.78 is 4.62. The summed E-state index contributed by atoms with van der Waals surface area (Å²) in [4.78, 5) is 12.9. The molecule has 134 valence electrons. The maximum atomic E-state index is 11.3. The Labute approximate surface area is 152 Å². The highest BCUT2D eigenvalue weighted by Gasteiger charge is 2.10. The van der Waals surface area contributed by atoms with E-state index in [4.69, 9.17) is 0 Å². The van der Waals surface area contributed by atoms with Crippen molar-refractivity contribution in [3.05, 3.63) is 64.8 Å². The van der Waals surface area contributed by atoms with E-state index in [2.05, 4.69) is 52.3 Å². The Morgan fingerprint density at radius 3 is 2.65 bits per heavy atom. The summed E-state index contributed by atoms with van der Waals surface area (Å²) in [6.07, 6.45) is 1.31. The summed E-state index contributed by atoms with van der Waals surface area (Å²) in [7, 11) is 1.35. The molecule has 0 aliphatic rings. The van der Waals surface area contributed by atoms with Crippen LogP contribution >= 0.6 is 0 Å². The van der Waals surface area contributed by atoms with Gasteiger partial charge in [-0.25, -0.2) is 4.79 Å². The maximum Gasteiger partial charge on any atom is 0.407 e. The molecular weight excluding hydrogens is 328 g/mol. The molecule has 0 spiro atoms. The molecule has 2 aromatic carbocycles. The van der Waals surface area contributed by atoms with Gasteiger partial charge >= 0.3 is 6.09 Å². The van der Waals surface area contributed by atoms with E-state index >= 15 is 0 Å². The van der Waals surface area contributed by atoms with Gasteiger partial charge in [0.05, 0.1) is 19.0 Å². The minimum Gasteiger partial charge on any atom is -0.453 e. The molecule has 3 aromatic rings. The number of aryl methyl sites for hydroxylation is 3. The lowest BCUT2D eigenvalue weighted by molar-refractivity contribution is 0.170. The zero-order valence-corrected chi connectivity index (χ0v) is 15.4. The lowest BCUT2D eigenvalue weighted by atomic mass is 10.0. The van der Waals surface area contributed by atoms with Crippen molar-refractivity contribution in [2.45, 2.75) is 27.3 Å². The van der Waals surface area contributed by atoms with Crippen LogP contribution in [0.1, 0.15) is 22.3 Å². The summed E-state index contributed by atoms with van der Waals surface area (Å²) in [5.74, 6) is 0. The van der Waals surface area contributed by atoms with Crippen LogP contribution < -0.4 is 5.32 Å². The van der Waals surface area contributed by atoms with Gasteiger partial charge in [-0.2, -0.15) is 9.90 Å². The SMILES string of the molecule is COC(=O)NCc1cc(-n2ncc(-c3ccc(C)cc3C)n2)ccc1C. The molecule has 0 saturated carbocycles. The van der Waals surface area contributed by atoms with Crippen molar-refractivity contribution in [3.63, 3.8) is 0 Å². The average molecular weight is 350 g/mol. The number of hydrogen-bond acceptors (Lipinski definition) is 4. The predicted molar refractivity (Wildman–Crippen MR) is 100 cm³/mol. The topological polar surface area (TPSA) is 69.0 Å². The molecular formula is C20H22N4O2. The van der Waals surface area contributed by atoms with Gasteiger partial charge in [-0.3, -0.25) is 0 Å². The first kappa shape index (κ1) is 17.7. The summed E-state index contributed by atoms with van der Waals surface area (Å²) in [5.41, 5.74) is 7.20. The summed E-state index contributed by atoms with van der Waals surface area (Å²) in [6, 6.07) is 12.2. The summed E-state index contributed by atoms with van der Waals surface area (Å²) >= 11 is 0. The smallest absolute Gasteiger partial charge is 0.407 e. The summed E-state index contributed by atoms with van der Waals surface area (Å²) in [5, 5.41) is 11.7. The zero-order chi connectivity index (χ0) is 18.7.